The van der Waals surface area contributed by atoms with Crippen molar-refractivity contribution in [3.63, 3.8) is 0 Å². The van der Waals surface area contributed by atoms with Gasteiger partial charge >= 0.3 is 0 Å². The van der Waals surface area contributed by atoms with Gasteiger partial charge in [-0.25, -0.2) is 23.1 Å². The van der Waals surface area contributed by atoms with E-state index in [4.69, 9.17) is 6.57 Å². The average molecular weight is 452 g/mol. The second kappa shape index (κ2) is 10.2. The van der Waals surface area contributed by atoms with Gasteiger partial charge in [0.1, 0.15) is 17.3 Å². The number of H-pyrrole nitrogens is 1. The van der Waals surface area contributed by atoms with Gasteiger partial charge in [-0.15, -0.1) is 0 Å². The molecule has 0 saturated carbocycles. The Hall–Kier alpha value is -4.56. The molecule has 0 aliphatic heterocycles. The molecule has 0 bridgehead atoms. The lowest BCUT2D eigenvalue weighted by atomic mass is 10.2. The Morgan fingerprint density at radius 1 is 1.12 bits per heavy atom. The van der Waals surface area contributed by atoms with Crippen molar-refractivity contribution in [1.82, 2.24) is 19.9 Å². The molecule has 168 valence electrons. The molecule has 0 saturated heterocycles. The number of carbonyl (C=O) groups is 1. The normalized spacial score (nSPS) is 10.2. The molecule has 4 aromatic rings. The molecule has 9 nitrogen and oxygen atoms in total. The molecular formula is C22H18F2N6O3. The highest BCUT2D eigenvalue weighted by Gasteiger charge is 2.16. The van der Waals surface area contributed by atoms with E-state index in [0.717, 1.165) is 16.6 Å². The summed E-state index contributed by atoms with van der Waals surface area (Å²) in [6, 6.07) is 11.8. The van der Waals surface area contributed by atoms with E-state index in [9.17, 15) is 23.5 Å². The maximum absolute atomic E-state index is 12.8. The zero-order chi connectivity index (χ0) is 24.0. The molecule has 2 aromatic carbocycles. The van der Waals surface area contributed by atoms with Crippen LogP contribution in [-0.2, 0) is 13.1 Å². The van der Waals surface area contributed by atoms with E-state index < -0.39 is 28.7 Å². The molecule has 5 N–H and O–H groups in total. The molecule has 2 heterocycles. The Morgan fingerprint density at radius 2 is 1.70 bits per heavy atom. The summed E-state index contributed by atoms with van der Waals surface area (Å²) in [5.41, 5.74) is 3.67. The SMILES string of the molecule is [C-]#[N+]c1c[nH]n2c(=O)c([O-])c(C(=O)NCc3ccc(F)cc3)nc12.[NH3+]Cc1ccc(F)cc1. The van der Waals surface area contributed by atoms with Crippen LogP contribution in [0.15, 0.2) is 59.5 Å². The first kappa shape index (κ1) is 23.1. The largest absolute Gasteiger partial charge is 0.867 e. The number of hydrogen-bond donors (Lipinski definition) is 3. The summed E-state index contributed by atoms with van der Waals surface area (Å²) in [4.78, 5) is 31.1. The third-order valence-electron chi connectivity index (χ3n) is 4.51. The third-order valence-corrected chi connectivity index (χ3v) is 4.51. The van der Waals surface area contributed by atoms with Crippen LogP contribution in [0.4, 0.5) is 14.5 Å². The van der Waals surface area contributed by atoms with Crippen molar-refractivity contribution >= 4 is 17.2 Å². The summed E-state index contributed by atoms with van der Waals surface area (Å²) in [5, 5.41) is 16.8. The average Bonchev–Trinajstić information content (AvgIpc) is 3.25. The predicted octanol–water partition coefficient (Wildman–Crippen LogP) is 1.28. The summed E-state index contributed by atoms with van der Waals surface area (Å²) in [5.74, 6) is -2.53. The lowest BCUT2D eigenvalue weighted by molar-refractivity contribution is -0.386. The first-order valence-corrected chi connectivity index (χ1v) is 9.59. The lowest BCUT2D eigenvalue weighted by Crippen LogP contribution is -2.47. The van der Waals surface area contributed by atoms with Crippen LogP contribution in [0.5, 0.6) is 5.75 Å². The van der Waals surface area contributed by atoms with Crippen molar-refractivity contribution in [3.05, 3.63) is 105 Å². The summed E-state index contributed by atoms with van der Waals surface area (Å²) in [7, 11) is 0. The summed E-state index contributed by atoms with van der Waals surface area (Å²) in [6.45, 7) is 7.75. The number of rotatable bonds is 4. The maximum atomic E-state index is 12.8. The Bertz CT molecular complexity index is 1370. The summed E-state index contributed by atoms with van der Waals surface area (Å²) >= 11 is 0. The van der Waals surface area contributed by atoms with Gasteiger partial charge in [-0.05, 0) is 35.6 Å². The fourth-order valence-corrected chi connectivity index (χ4v) is 2.74. The fraction of sp³-hybridized carbons (Fsp3) is 0.0909. The number of nitrogens with zero attached hydrogens (tertiary/aromatic N) is 3. The molecule has 33 heavy (non-hydrogen) atoms. The fourth-order valence-electron chi connectivity index (χ4n) is 2.74. The first-order chi connectivity index (χ1) is 15.8. The van der Waals surface area contributed by atoms with Crippen molar-refractivity contribution < 1.29 is 24.4 Å². The topological polar surface area (TPSA) is 134 Å². The lowest BCUT2D eigenvalue weighted by Gasteiger charge is -2.12. The van der Waals surface area contributed by atoms with Crippen molar-refractivity contribution in [2.24, 2.45) is 0 Å². The van der Waals surface area contributed by atoms with Crippen LogP contribution < -0.4 is 21.7 Å². The van der Waals surface area contributed by atoms with Gasteiger partial charge in [-0.1, -0.05) is 24.3 Å². The van der Waals surface area contributed by atoms with Crippen LogP contribution in [-0.4, -0.2) is 20.5 Å². The highest BCUT2D eigenvalue weighted by molar-refractivity contribution is 5.95. The minimum absolute atomic E-state index is 0.0136. The predicted molar refractivity (Wildman–Crippen MR) is 112 cm³/mol. The van der Waals surface area contributed by atoms with E-state index in [2.05, 4.69) is 26.0 Å². The van der Waals surface area contributed by atoms with Gasteiger partial charge in [0, 0.05) is 18.3 Å². The van der Waals surface area contributed by atoms with Crippen molar-refractivity contribution in [2.45, 2.75) is 13.1 Å². The number of halogens is 2. The minimum Gasteiger partial charge on any atom is -0.867 e. The zero-order valence-corrected chi connectivity index (χ0v) is 17.1. The van der Waals surface area contributed by atoms with E-state index in [1.54, 1.807) is 12.1 Å². The molecule has 0 atom stereocenters. The quantitative estimate of drug-likeness (QED) is 0.402. The summed E-state index contributed by atoms with van der Waals surface area (Å²) in [6.07, 6.45) is 1.22. The molecule has 11 heteroatoms. The van der Waals surface area contributed by atoms with Gasteiger partial charge in [0.15, 0.2) is 5.65 Å². The Balaban J connectivity index is 0.000000286. The van der Waals surface area contributed by atoms with Crippen LogP contribution >= 0.6 is 0 Å². The van der Waals surface area contributed by atoms with E-state index in [0.29, 0.717) is 5.56 Å². The standard InChI is InChI=1S/C15H10FN5O3.C7H8FN/c1-17-10-7-19-21-13(10)20-11(12(22)15(21)24)14(23)18-6-8-2-4-9(16)5-3-8;8-7-3-1-6(5-9)2-4-7/h2-5,7,19,22H,6H2,(H,18,23);1-4H,5,9H2. The van der Waals surface area contributed by atoms with Gasteiger partial charge in [-0.2, -0.15) is 0 Å². The van der Waals surface area contributed by atoms with Gasteiger partial charge in [0.05, 0.1) is 13.1 Å². The van der Waals surface area contributed by atoms with E-state index in [-0.39, 0.29) is 23.7 Å². The van der Waals surface area contributed by atoms with Gasteiger partial charge < -0.3 is 21.3 Å². The number of aromatic amines is 1. The second-order valence-electron chi connectivity index (χ2n) is 6.71. The molecule has 0 spiro atoms. The van der Waals surface area contributed by atoms with E-state index in [1.807, 2.05) is 0 Å². The number of fused-ring (bicyclic) bond motifs is 1. The maximum Gasteiger partial charge on any atom is 0.269 e. The Morgan fingerprint density at radius 3 is 2.24 bits per heavy atom. The van der Waals surface area contributed by atoms with Gasteiger partial charge in [0.25, 0.3) is 11.5 Å². The van der Waals surface area contributed by atoms with Crippen molar-refractivity contribution in [1.29, 1.82) is 0 Å². The number of quaternary nitrogens is 1. The molecule has 0 radical (unpaired) electrons. The number of benzene rings is 2. The van der Waals surface area contributed by atoms with E-state index >= 15 is 0 Å². The van der Waals surface area contributed by atoms with Gasteiger partial charge in [0.2, 0.25) is 5.69 Å². The zero-order valence-electron chi connectivity index (χ0n) is 17.1. The number of hydrogen-bond acceptors (Lipinski definition) is 4. The number of amides is 1. The van der Waals surface area contributed by atoms with Gasteiger partial charge in [-0.3, -0.25) is 9.59 Å². The Labute approximate surface area is 185 Å². The van der Waals surface area contributed by atoms with Crippen LogP contribution in [0.3, 0.4) is 0 Å². The highest BCUT2D eigenvalue weighted by Crippen LogP contribution is 2.18. The molecule has 0 fully saturated rings. The monoisotopic (exact) mass is 452 g/mol. The molecule has 4 rings (SSSR count). The molecule has 2 aromatic heterocycles. The number of nitrogens with one attached hydrogen (secondary N) is 2. The molecule has 0 aliphatic carbocycles. The van der Waals surface area contributed by atoms with E-state index in [1.165, 1.54) is 42.6 Å². The highest BCUT2D eigenvalue weighted by atomic mass is 19.1. The van der Waals surface area contributed by atoms with Crippen LogP contribution in [0, 0.1) is 18.2 Å². The van der Waals surface area contributed by atoms with Crippen molar-refractivity contribution in [3.8, 4) is 5.75 Å². The number of aromatic nitrogens is 3. The molecular weight excluding hydrogens is 434 g/mol. The molecule has 0 aliphatic rings. The first-order valence-electron chi connectivity index (χ1n) is 9.59. The van der Waals surface area contributed by atoms with Crippen molar-refractivity contribution in [2.75, 3.05) is 0 Å². The summed E-state index contributed by atoms with van der Waals surface area (Å²) < 4.78 is 25.8. The second-order valence-corrected chi connectivity index (χ2v) is 6.71. The number of carbonyl (C=O) groups excluding carboxylic acids is 1. The van der Waals surface area contributed by atoms with Crippen LogP contribution in [0.1, 0.15) is 21.6 Å². The van der Waals surface area contributed by atoms with Crippen LogP contribution in [0.2, 0.25) is 0 Å². The van der Waals surface area contributed by atoms with Crippen LogP contribution in [0.25, 0.3) is 10.5 Å². The molecule has 1 amide bonds. The molecule has 0 unspecified atom stereocenters. The Kier molecular flexibility index (Phi) is 7.12. The third kappa shape index (κ3) is 5.38. The minimum atomic E-state index is -1.08. The smallest absolute Gasteiger partial charge is 0.269 e.